The number of para-hydroxylation sites is 6. The van der Waals surface area contributed by atoms with Crippen molar-refractivity contribution < 1.29 is 0 Å². The minimum atomic E-state index is -1.02. The Bertz CT molecular complexity index is 5520. The number of nitrogens with zero attached hydrogens (tertiary/aromatic N) is 8. The van der Waals surface area contributed by atoms with Gasteiger partial charge in [-0.2, -0.15) is 10.5 Å². The first-order chi connectivity index (χ1) is 40.6. The standard InChI is InChI=1S/C73H40N8S/c74-39-43-31-33-65-53(35-43)51-19-5-9-25-61(51)79(65)46-38-58-70(77-42-46)69-57(37-45(41-76-69)78-59-23-7-1-15-47(59)48-16-2-8-24-60(48)78)73(58)55-21-13-29-67(80-62-26-10-3-17-49(62)50-18-4-11-27-63(50)80)71(55)82-72-56(73)22-14-30-68(72)81-64-28-12-6-20-52(64)54-36-44(40-75)32-34-66(54)81/h1-38,41-42H. The summed E-state index contributed by atoms with van der Waals surface area (Å²) in [5, 5.41) is 29.3. The summed E-state index contributed by atoms with van der Waals surface area (Å²) in [6.45, 7) is 0. The second-order valence-electron chi connectivity index (χ2n) is 21.5. The number of nitriles is 2. The number of benzene rings is 10. The Morgan fingerprint density at radius 2 is 0.646 bits per heavy atom. The zero-order valence-corrected chi connectivity index (χ0v) is 44.4. The molecule has 0 N–H and O–H groups in total. The van der Waals surface area contributed by atoms with E-state index in [0.29, 0.717) is 11.1 Å². The number of aromatic nitrogens is 6. The van der Waals surface area contributed by atoms with Gasteiger partial charge >= 0.3 is 0 Å². The van der Waals surface area contributed by atoms with E-state index < -0.39 is 5.41 Å². The molecule has 82 heavy (non-hydrogen) atoms. The van der Waals surface area contributed by atoms with Gasteiger partial charge < -0.3 is 18.3 Å². The van der Waals surface area contributed by atoms with Crippen LogP contribution in [0.15, 0.2) is 253 Å². The minimum absolute atomic E-state index is 0.610. The van der Waals surface area contributed by atoms with E-state index in [0.717, 1.165) is 132 Å². The average molecular weight is 1060 g/mol. The van der Waals surface area contributed by atoms with Crippen molar-refractivity contribution in [3.63, 3.8) is 0 Å². The summed E-state index contributed by atoms with van der Waals surface area (Å²) in [4.78, 5) is 13.5. The molecule has 1 aliphatic heterocycles. The smallest absolute Gasteiger partial charge is 0.0991 e. The van der Waals surface area contributed by atoms with Crippen LogP contribution in [0.4, 0.5) is 0 Å². The Labute approximate surface area is 472 Å². The van der Waals surface area contributed by atoms with E-state index in [2.05, 4.69) is 237 Å². The maximum absolute atomic E-state index is 10.3. The Balaban J connectivity index is 1.02. The highest BCUT2D eigenvalue weighted by molar-refractivity contribution is 7.99. The quantitative estimate of drug-likeness (QED) is 0.175. The molecule has 16 aromatic rings. The lowest BCUT2D eigenvalue weighted by Crippen LogP contribution is -2.33. The molecule has 0 bridgehead atoms. The van der Waals surface area contributed by atoms with Crippen LogP contribution in [0.3, 0.4) is 0 Å². The predicted molar refractivity (Wildman–Crippen MR) is 330 cm³/mol. The van der Waals surface area contributed by atoms with Crippen LogP contribution in [0.5, 0.6) is 0 Å². The molecule has 1 unspecified atom stereocenters. The van der Waals surface area contributed by atoms with E-state index in [4.69, 9.17) is 9.97 Å². The van der Waals surface area contributed by atoms with Gasteiger partial charge in [0.05, 0.1) is 119 Å². The molecule has 0 saturated heterocycles. The highest BCUT2D eigenvalue weighted by Crippen LogP contribution is 2.64. The van der Waals surface area contributed by atoms with E-state index in [1.54, 1.807) is 0 Å². The first kappa shape index (κ1) is 45.0. The number of fused-ring (bicyclic) bond motifs is 21. The lowest BCUT2D eigenvalue weighted by molar-refractivity contribution is 0.713. The maximum atomic E-state index is 10.3. The number of hydrogen-bond acceptors (Lipinski definition) is 5. The molecular formula is C73H40N8S. The van der Waals surface area contributed by atoms with E-state index >= 15 is 0 Å². The Hall–Kier alpha value is -11.0. The topological polar surface area (TPSA) is 93.1 Å². The monoisotopic (exact) mass is 1060 g/mol. The van der Waals surface area contributed by atoms with Gasteiger partial charge in [-0.15, -0.1) is 0 Å². The summed E-state index contributed by atoms with van der Waals surface area (Å²) in [6.07, 6.45) is 4.04. The molecule has 0 fully saturated rings. The van der Waals surface area contributed by atoms with E-state index in [1.807, 2.05) is 48.4 Å². The van der Waals surface area contributed by atoms with Crippen LogP contribution in [-0.4, -0.2) is 28.2 Å². The largest absolute Gasteiger partial charge is 0.308 e. The van der Waals surface area contributed by atoms with Crippen molar-refractivity contribution in [1.29, 1.82) is 10.5 Å². The van der Waals surface area contributed by atoms with Crippen molar-refractivity contribution in [2.45, 2.75) is 15.2 Å². The van der Waals surface area contributed by atoms with E-state index in [9.17, 15) is 10.5 Å². The zero-order chi connectivity index (χ0) is 53.9. The SMILES string of the molecule is N#Cc1ccc2c(c1)c1ccccc1n2-c1cnc2c(c1)C1(c3cc(-n4c5ccccc5c5ccccc54)cnc3-2)c2cccc(-n3c4ccccc4c4ccccc43)c2Sc2c(-n3c4ccccc4c4cc(C#N)ccc43)cccc21. The average Bonchev–Trinajstić information content (AvgIpc) is 1.64. The molecule has 1 spiro atoms. The Morgan fingerprint density at radius 3 is 1.02 bits per heavy atom. The summed E-state index contributed by atoms with van der Waals surface area (Å²) in [7, 11) is 0. The fraction of sp³-hybridized carbons (Fsp3) is 0.0137. The van der Waals surface area contributed by atoms with E-state index in [-0.39, 0.29) is 0 Å². The van der Waals surface area contributed by atoms with Crippen molar-refractivity contribution >= 4 is 99.0 Å². The van der Waals surface area contributed by atoms with E-state index in [1.165, 1.54) is 21.5 Å². The second-order valence-corrected chi connectivity index (χ2v) is 22.5. The van der Waals surface area contributed by atoms with Gasteiger partial charge in [0.2, 0.25) is 0 Å². The van der Waals surface area contributed by atoms with Gasteiger partial charge in [0.15, 0.2) is 0 Å². The van der Waals surface area contributed by atoms with Crippen molar-refractivity contribution in [2.24, 2.45) is 0 Å². The molecular weight excluding hydrogens is 1020 g/mol. The first-order valence-electron chi connectivity index (χ1n) is 27.4. The lowest BCUT2D eigenvalue weighted by atomic mass is 9.67. The number of rotatable bonds is 4. The van der Waals surface area contributed by atoms with Crippen molar-refractivity contribution in [3.8, 4) is 46.3 Å². The molecule has 0 saturated carbocycles. The van der Waals surface area contributed by atoms with Gasteiger partial charge in [-0.1, -0.05) is 145 Å². The molecule has 18 rings (SSSR count). The molecule has 1 aliphatic carbocycles. The van der Waals surface area contributed by atoms with Crippen molar-refractivity contribution in [2.75, 3.05) is 0 Å². The van der Waals surface area contributed by atoms with Gasteiger partial charge in [-0.05, 0) is 108 Å². The van der Waals surface area contributed by atoms with Gasteiger partial charge in [0.25, 0.3) is 0 Å². The fourth-order valence-corrected chi connectivity index (χ4v) is 15.7. The predicted octanol–water partition coefficient (Wildman–Crippen LogP) is 17.4. The minimum Gasteiger partial charge on any atom is -0.308 e. The molecule has 8 nitrogen and oxygen atoms in total. The zero-order valence-electron chi connectivity index (χ0n) is 43.6. The number of hydrogen-bond donors (Lipinski definition) is 0. The molecule has 378 valence electrons. The molecule has 9 heteroatoms. The van der Waals surface area contributed by atoms with Crippen LogP contribution in [0.25, 0.3) is 121 Å². The van der Waals surface area contributed by atoms with Crippen LogP contribution in [0.2, 0.25) is 0 Å². The highest BCUT2D eigenvalue weighted by Gasteiger charge is 2.53. The first-order valence-corrected chi connectivity index (χ1v) is 28.2. The third-order valence-electron chi connectivity index (χ3n) is 17.5. The highest BCUT2D eigenvalue weighted by atomic mass is 32.2. The molecule has 10 aromatic carbocycles. The molecule has 2 aliphatic rings. The van der Waals surface area contributed by atoms with Gasteiger partial charge in [-0.25, -0.2) is 0 Å². The molecule has 0 radical (unpaired) electrons. The van der Waals surface area contributed by atoms with Crippen molar-refractivity contribution in [1.82, 2.24) is 28.2 Å². The molecule has 1 atom stereocenters. The third-order valence-corrected chi connectivity index (χ3v) is 18.8. The molecule has 6 aromatic heterocycles. The van der Waals surface area contributed by atoms with Crippen LogP contribution in [0, 0.1) is 22.7 Å². The van der Waals surface area contributed by atoms with Gasteiger partial charge in [-0.3, -0.25) is 9.97 Å². The fourth-order valence-electron chi connectivity index (χ4n) is 14.3. The molecule has 7 heterocycles. The summed E-state index contributed by atoms with van der Waals surface area (Å²) in [6, 6.07) is 87.2. The molecule has 0 amide bonds. The van der Waals surface area contributed by atoms with Crippen molar-refractivity contribution in [3.05, 3.63) is 276 Å². The number of pyridine rings is 2. The Kier molecular flexibility index (Phi) is 9.07. The lowest BCUT2D eigenvalue weighted by Gasteiger charge is -2.41. The maximum Gasteiger partial charge on any atom is 0.0991 e. The summed E-state index contributed by atoms with van der Waals surface area (Å²) >= 11 is 1.83. The summed E-state index contributed by atoms with van der Waals surface area (Å²) < 4.78 is 9.56. The Morgan fingerprint density at radius 1 is 0.317 bits per heavy atom. The van der Waals surface area contributed by atoms with Crippen LogP contribution in [0.1, 0.15) is 33.4 Å². The third kappa shape index (κ3) is 5.78. The van der Waals surface area contributed by atoms with Crippen LogP contribution < -0.4 is 0 Å². The normalized spacial score (nSPS) is 14.3. The van der Waals surface area contributed by atoms with Crippen LogP contribution >= 0.6 is 11.8 Å². The van der Waals surface area contributed by atoms with Crippen LogP contribution in [-0.2, 0) is 5.41 Å². The van der Waals surface area contributed by atoms with Gasteiger partial charge in [0, 0.05) is 64.0 Å². The second kappa shape index (κ2) is 16.5. The summed E-state index contributed by atoms with van der Waals surface area (Å²) in [5.74, 6) is 0. The summed E-state index contributed by atoms with van der Waals surface area (Å²) in [5.41, 5.74) is 18.6. The van der Waals surface area contributed by atoms with Gasteiger partial charge in [0.1, 0.15) is 0 Å².